The van der Waals surface area contributed by atoms with E-state index in [9.17, 15) is 0 Å². The number of rotatable bonds is 4. The zero-order valence-corrected chi connectivity index (χ0v) is 10.1. The van der Waals surface area contributed by atoms with Crippen LogP contribution in [0, 0.1) is 19.8 Å². The summed E-state index contributed by atoms with van der Waals surface area (Å²) < 4.78 is 5.96. The van der Waals surface area contributed by atoms with E-state index >= 15 is 0 Å². The summed E-state index contributed by atoms with van der Waals surface area (Å²) in [7, 11) is 0. The first-order chi connectivity index (χ1) is 7.06. The minimum absolute atomic E-state index is 0.102. The Labute approximate surface area is 92.4 Å². The van der Waals surface area contributed by atoms with E-state index in [2.05, 4.69) is 39.8 Å². The molecular formula is C13H21NO. The molecule has 1 atom stereocenters. The van der Waals surface area contributed by atoms with Crippen LogP contribution in [0.15, 0.2) is 18.2 Å². The maximum absolute atomic E-state index is 5.96. The Kier molecular flexibility index (Phi) is 4.15. The fourth-order valence-corrected chi connectivity index (χ4v) is 1.59. The lowest BCUT2D eigenvalue weighted by molar-refractivity contribution is 0.157. The zero-order chi connectivity index (χ0) is 11.4. The van der Waals surface area contributed by atoms with Crippen LogP contribution >= 0.6 is 0 Å². The average Bonchev–Trinajstić information content (AvgIpc) is 2.17. The summed E-state index contributed by atoms with van der Waals surface area (Å²) in [5.41, 5.74) is 8.05. The molecule has 2 heteroatoms. The Bertz CT molecular complexity index is 300. The molecule has 0 aliphatic carbocycles. The lowest BCUT2D eigenvalue weighted by atomic mass is 10.1. The molecule has 0 spiro atoms. The van der Waals surface area contributed by atoms with E-state index in [1.807, 2.05) is 6.07 Å². The van der Waals surface area contributed by atoms with E-state index in [-0.39, 0.29) is 6.10 Å². The number of para-hydroxylation sites is 1. The number of aryl methyl sites for hydroxylation is 2. The van der Waals surface area contributed by atoms with E-state index < -0.39 is 0 Å². The third kappa shape index (κ3) is 2.96. The molecular weight excluding hydrogens is 186 g/mol. The zero-order valence-electron chi connectivity index (χ0n) is 10.1. The van der Waals surface area contributed by atoms with Gasteiger partial charge in [-0.05, 0) is 30.9 Å². The van der Waals surface area contributed by atoms with Crippen LogP contribution in [0.5, 0.6) is 5.75 Å². The topological polar surface area (TPSA) is 35.2 Å². The fraction of sp³-hybridized carbons (Fsp3) is 0.538. The van der Waals surface area contributed by atoms with Gasteiger partial charge in [0.15, 0.2) is 0 Å². The van der Waals surface area contributed by atoms with Gasteiger partial charge < -0.3 is 10.5 Å². The van der Waals surface area contributed by atoms with Gasteiger partial charge in [-0.15, -0.1) is 0 Å². The first-order valence-electron chi connectivity index (χ1n) is 5.49. The van der Waals surface area contributed by atoms with Crippen LogP contribution < -0.4 is 10.5 Å². The quantitative estimate of drug-likeness (QED) is 0.823. The molecule has 0 heterocycles. The number of hydrogen-bond donors (Lipinski definition) is 1. The maximum atomic E-state index is 5.96. The Hall–Kier alpha value is -1.02. The summed E-state index contributed by atoms with van der Waals surface area (Å²) in [6, 6.07) is 6.18. The minimum atomic E-state index is 0.102. The van der Waals surface area contributed by atoms with Gasteiger partial charge in [0.25, 0.3) is 0 Å². The minimum Gasteiger partial charge on any atom is -0.488 e. The number of benzene rings is 1. The molecule has 0 aliphatic rings. The van der Waals surface area contributed by atoms with E-state index in [1.54, 1.807) is 0 Å². The van der Waals surface area contributed by atoms with Gasteiger partial charge >= 0.3 is 0 Å². The summed E-state index contributed by atoms with van der Waals surface area (Å²) in [5, 5.41) is 0. The molecule has 0 fully saturated rings. The smallest absolute Gasteiger partial charge is 0.125 e. The molecule has 1 aromatic rings. The van der Waals surface area contributed by atoms with Crippen LogP contribution in [0.3, 0.4) is 0 Å². The molecule has 2 N–H and O–H groups in total. The second-order valence-corrected chi connectivity index (χ2v) is 4.36. The van der Waals surface area contributed by atoms with Crippen LogP contribution in [0.2, 0.25) is 0 Å². The summed E-state index contributed by atoms with van der Waals surface area (Å²) in [5.74, 6) is 1.43. The van der Waals surface area contributed by atoms with Crippen molar-refractivity contribution >= 4 is 0 Å². The van der Waals surface area contributed by atoms with Crippen LogP contribution in [0.25, 0.3) is 0 Å². The molecule has 0 bridgehead atoms. The Morgan fingerprint density at radius 3 is 2.13 bits per heavy atom. The Morgan fingerprint density at radius 2 is 1.73 bits per heavy atom. The number of hydrogen-bond acceptors (Lipinski definition) is 2. The second-order valence-electron chi connectivity index (χ2n) is 4.36. The van der Waals surface area contributed by atoms with E-state index in [0.717, 1.165) is 5.75 Å². The van der Waals surface area contributed by atoms with Gasteiger partial charge in [0.05, 0.1) is 0 Å². The van der Waals surface area contributed by atoms with Crippen LogP contribution in [-0.4, -0.2) is 12.6 Å². The van der Waals surface area contributed by atoms with Crippen molar-refractivity contribution in [1.82, 2.24) is 0 Å². The summed E-state index contributed by atoms with van der Waals surface area (Å²) >= 11 is 0. The summed E-state index contributed by atoms with van der Waals surface area (Å²) in [4.78, 5) is 0. The third-order valence-electron chi connectivity index (χ3n) is 2.65. The van der Waals surface area contributed by atoms with Crippen molar-refractivity contribution in [3.05, 3.63) is 29.3 Å². The van der Waals surface area contributed by atoms with Gasteiger partial charge in [0.2, 0.25) is 0 Å². The van der Waals surface area contributed by atoms with E-state index in [0.29, 0.717) is 12.5 Å². The molecule has 0 amide bonds. The molecule has 0 aliphatic heterocycles. The largest absolute Gasteiger partial charge is 0.488 e. The van der Waals surface area contributed by atoms with Crippen molar-refractivity contribution in [1.29, 1.82) is 0 Å². The molecule has 0 saturated carbocycles. The molecule has 0 saturated heterocycles. The standard InChI is InChI=1S/C13H21NO/c1-9(2)12(8-14)15-13-10(3)6-5-7-11(13)4/h5-7,9,12H,8,14H2,1-4H3. The molecule has 15 heavy (non-hydrogen) atoms. The van der Waals surface area contributed by atoms with Gasteiger partial charge in [-0.2, -0.15) is 0 Å². The Balaban J connectivity index is 2.87. The van der Waals surface area contributed by atoms with Crippen molar-refractivity contribution in [2.24, 2.45) is 11.7 Å². The second kappa shape index (κ2) is 5.17. The van der Waals surface area contributed by atoms with Crippen LogP contribution in [0.4, 0.5) is 0 Å². The van der Waals surface area contributed by atoms with Gasteiger partial charge in [0, 0.05) is 6.54 Å². The third-order valence-corrected chi connectivity index (χ3v) is 2.65. The van der Waals surface area contributed by atoms with Gasteiger partial charge in [-0.3, -0.25) is 0 Å². The van der Waals surface area contributed by atoms with E-state index in [1.165, 1.54) is 11.1 Å². The molecule has 84 valence electrons. The lowest BCUT2D eigenvalue weighted by Crippen LogP contribution is -2.32. The normalized spacial score (nSPS) is 12.9. The number of nitrogens with two attached hydrogens (primary N) is 1. The van der Waals surface area contributed by atoms with Crippen LogP contribution in [-0.2, 0) is 0 Å². The highest BCUT2D eigenvalue weighted by Crippen LogP contribution is 2.24. The monoisotopic (exact) mass is 207 g/mol. The molecule has 1 aromatic carbocycles. The molecule has 0 radical (unpaired) electrons. The van der Waals surface area contributed by atoms with Crippen molar-refractivity contribution in [2.45, 2.75) is 33.8 Å². The summed E-state index contributed by atoms with van der Waals surface area (Å²) in [6.45, 7) is 8.95. The summed E-state index contributed by atoms with van der Waals surface area (Å²) in [6.07, 6.45) is 0.102. The van der Waals surface area contributed by atoms with Crippen molar-refractivity contribution in [3.8, 4) is 5.75 Å². The van der Waals surface area contributed by atoms with Crippen molar-refractivity contribution in [3.63, 3.8) is 0 Å². The molecule has 1 unspecified atom stereocenters. The predicted molar refractivity (Wildman–Crippen MR) is 64.2 cm³/mol. The first-order valence-corrected chi connectivity index (χ1v) is 5.49. The van der Waals surface area contributed by atoms with Gasteiger partial charge in [0.1, 0.15) is 11.9 Å². The highest BCUT2D eigenvalue weighted by atomic mass is 16.5. The van der Waals surface area contributed by atoms with Crippen LogP contribution in [0.1, 0.15) is 25.0 Å². The maximum Gasteiger partial charge on any atom is 0.125 e. The average molecular weight is 207 g/mol. The number of ether oxygens (including phenoxy) is 1. The fourth-order valence-electron chi connectivity index (χ4n) is 1.59. The Morgan fingerprint density at radius 1 is 1.20 bits per heavy atom. The van der Waals surface area contributed by atoms with Gasteiger partial charge in [-0.25, -0.2) is 0 Å². The SMILES string of the molecule is Cc1cccc(C)c1OC(CN)C(C)C. The highest BCUT2D eigenvalue weighted by molar-refractivity contribution is 5.39. The molecule has 1 rings (SSSR count). The van der Waals surface area contributed by atoms with E-state index in [4.69, 9.17) is 10.5 Å². The highest BCUT2D eigenvalue weighted by Gasteiger charge is 2.15. The lowest BCUT2D eigenvalue weighted by Gasteiger charge is -2.23. The van der Waals surface area contributed by atoms with Gasteiger partial charge in [-0.1, -0.05) is 32.0 Å². The molecule has 2 nitrogen and oxygen atoms in total. The predicted octanol–water partition coefficient (Wildman–Crippen LogP) is 2.67. The van der Waals surface area contributed by atoms with Crippen molar-refractivity contribution in [2.75, 3.05) is 6.54 Å². The molecule has 0 aromatic heterocycles. The van der Waals surface area contributed by atoms with Crippen molar-refractivity contribution < 1.29 is 4.74 Å². The first kappa shape index (κ1) is 12.1.